The van der Waals surface area contributed by atoms with Crippen molar-refractivity contribution >= 4 is 17.6 Å². The second-order valence-corrected chi connectivity index (χ2v) is 5.45. The van der Waals surface area contributed by atoms with Gasteiger partial charge in [0.25, 0.3) is 17.4 Å². The SMILES string of the molecule is Nc1c2c(cc(=O)n1-c1ccc(-c3cncnc3)cc1)C(=O)NC2=O. The van der Waals surface area contributed by atoms with E-state index in [0.29, 0.717) is 5.69 Å². The molecule has 0 spiro atoms. The van der Waals surface area contributed by atoms with Crippen molar-refractivity contribution in [1.29, 1.82) is 0 Å². The van der Waals surface area contributed by atoms with E-state index in [2.05, 4.69) is 15.3 Å². The molecule has 4 rings (SSSR count). The number of nitrogens with one attached hydrogen (secondary N) is 1. The molecule has 8 heteroatoms. The van der Waals surface area contributed by atoms with Crippen molar-refractivity contribution < 1.29 is 9.59 Å². The van der Waals surface area contributed by atoms with Gasteiger partial charge in [-0.15, -0.1) is 0 Å². The first-order chi connectivity index (χ1) is 12.1. The highest BCUT2D eigenvalue weighted by atomic mass is 16.2. The number of anilines is 1. The maximum atomic E-state index is 12.4. The summed E-state index contributed by atoms with van der Waals surface area (Å²) in [5.41, 5.74) is 7.71. The van der Waals surface area contributed by atoms with Gasteiger partial charge >= 0.3 is 0 Å². The second-order valence-electron chi connectivity index (χ2n) is 5.45. The van der Waals surface area contributed by atoms with Crippen LogP contribution in [0.5, 0.6) is 0 Å². The number of hydrogen-bond acceptors (Lipinski definition) is 6. The molecule has 0 unspecified atom stereocenters. The number of benzene rings is 1. The predicted octanol–water partition coefficient (Wildman–Crippen LogP) is 0.760. The Balaban J connectivity index is 1.84. The van der Waals surface area contributed by atoms with Crippen LogP contribution in [0.4, 0.5) is 5.82 Å². The van der Waals surface area contributed by atoms with E-state index in [9.17, 15) is 14.4 Å². The Hall–Kier alpha value is -3.81. The molecule has 0 radical (unpaired) electrons. The molecule has 0 saturated heterocycles. The lowest BCUT2D eigenvalue weighted by atomic mass is 10.1. The van der Waals surface area contributed by atoms with E-state index in [4.69, 9.17) is 5.73 Å². The van der Waals surface area contributed by atoms with E-state index in [-0.39, 0.29) is 16.9 Å². The van der Waals surface area contributed by atoms with Gasteiger partial charge in [0.05, 0.1) is 16.8 Å². The van der Waals surface area contributed by atoms with Gasteiger partial charge in [0.1, 0.15) is 12.1 Å². The molecule has 2 amide bonds. The van der Waals surface area contributed by atoms with Crippen LogP contribution < -0.4 is 16.6 Å². The minimum atomic E-state index is -0.615. The third-order valence-electron chi connectivity index (χ3n) is 3.97. The van der Waals surface area contributed by atoms with Crippen molar-refractivity contribution in [3.8, 4) is 16.8 Å². The van der Waals surface area contributed by atoms with Gasteiger partial charge in [-0.3, -0.25) is 24.3 Å². The van der Waals surface area contributed by atoms with Crippen LogP contribution in [0.1, 0.15) is 20.7 Å². The van der Waals surface area contributed by atoms with Crippen molar-refractivity contribution in [1.82, 2.24) is 19.9 Å². The molecule has 25 heavy (non-hydrogen) atoms. The van der Waals surface area contributed by atoms with Crippen LogP contribution in [-0.2, 0) is 0 Å². The van der Waals surface area contributed by atoms with Gasteiger partial charge < -0.3 is 5.73 Å². The van der Waals surface area contributed by atoms with Gasteiger partial charge in [-0.1, -0.05) is 12.1 Å². The number of imide groups is 1. The molecular weight excluding hydrogens is 322 g/mol. The number of aromatic nitrogens is 3. The zero-order chi connectivity index (χ0) is 17.6. The average Bonchev–Trinajstić information content (AvgIpc) is 2.90. The lowest BCUT2D eigenvalue weighted by Gasteiger charge is -2.12. The van der Waals surface area contributed by atoms with Crippen LogP contribution in [-0.4, -0.2) is 26.3 Å². The first-order valence-corrected chi connectivity index (χ1v) is 7.33. The van der Waals surface area contributed by atoms with Gasteiger partial charge in [-0.2, -0.15) is 0 Å². The topological polar surface area (TPSA) is 120 Å². The number of nitrogens with two attached hydrogens (primary N) is 1. The fourth-order valence-corrected chi connectivity index (χ4v) is 2.80. The van der Waals surface area contributed by atoms with E-state index >= 15 is 0 Å². The highest BCUT2D eigenvalue weighted by Crippen LogP contribution is 2.24. The normalized spacial score (nSPS) is 12.8. The summed E-state index contributed by atoms with van der Waals surface area (Å²) in [7, 11) is 0. The van der Waals surface area contributed by atoms with Gasteiger partial charge in [0.2, 0.25) is 0 Å². The van der Waals surface area contributed by atoms with Crippen molar-refractivity contribution in [2.75, 3.05) is 5.73 Å². The molecule has 1 aliphatic heterocycles. The number of nitrogen functional groups attached to an aromatic ring is 1. The van der Waals surface area contributed by atoms with Crippen LogP contribution in [0.3, 0.4) is 0 Å². The Kier molecular flexibility index (Phi) is 3.17. The molecule has 0 fully saturated rings. The Morgan fingerprint density at radius 2 is 1.60 bits per heavy atom. The molecule has 8 nitrogen and oxygen atoms in total. The minimum Gasteiger partial charge on any atom is -0.384 e. The Morgan fingerprint density at radius 1 is 0.920 bits per heavy atom. The van der Waals surface area contributed by atoms with Crippen molar-refractivity contribution in [3.63, 3.8) is 0 Å². The van der Waals surface area contributed by atoms with Crippen molar-refractivity contribution in [3.05, 3.63) is 70.5 Å². The molecule has 3 aromatic rings. The van der Waals surface area contributed by atoms with E-state index in [0.717, 1.165) is 17.2 Å². The maximum absolute atomic E-state index is 12.4. The van der Waals surface area contributed by atoms with Crippen LogP contribution in [0.2, 0.25) is 0 Å². The number of amides is 2. The second kappa shape index (κ2) is 5.38. The third-order valence-corrected chi connectivity index (χ3v) is 3.97. The Labute approximate surface area is 141 Å². The van der Waals surface area contributed by atoms with Crippen LogP contribution in [0.15, 0.2) is 53.8 Å². The fourth-order valence-electron chi connectivity index (χ4n) is 2.80. The van der Waals surface area contributed by atoms with E-state index in [1.54, 1.807) is 36.7 Å². The highest BCUT2D eigenvalue weighted by molar-refractivity contribution is 6.23. The first-order valence-electron chi connectivity index (χ1n) is 7.33. The molecule has 0 aliphatic carbocycles. The molecule has 122 valence electrons. The lowest BCUT2D eigenvalue weighted by molar-refractivity contribution is 0.0880. The van der Waals surface area contributed by atoms with E-state index in [1.165, 1.54) is 10.9 Å². The largest absolute Gasteiger partial charge is 0.384 e. The van der Waals surface area contributed by atoms with Gasteiger partial charge in [0.15, 0.2) is 0 Å². The molecule has 1 aliphatic rings. The quantitative estimate of drug-likeness (QED) is 0.668. The minimum absolute atomic E-state index is 0.00167. The monoisotopic (exact) mass is 333 g/mol. The molecule has 2 aromatic heterocycles. The maximum Gasteiger partial charge on any atom is 0.262 e. The number of pyridine rings is 1. The Morgan fingerprint density at radius 3 is 2.28 bits per heavy atom. The zero-order valence-corrected chi connectivity index (χ0v) is 12.8. The summed E-state index contributed by atoms with van der Waals surface area (Å²) in [5.74, 6) is -1.29. The van der Waals surface area contributed by atoms with Crippen LogP contribution >= 0.6 is 0 Å². The summed E-state index contributed by atoms with van der Waals surface area (Å²) in [6, 6.07) is 8.09. The highest BCUT2D eigenvalue weighted by Gasteiger charge is 2.31. The number of hydrogen-bond donors (Lipinski definition) is 2. The number of nitrogens with zero attached hydrogens (tertiary/aromatic N) is 3. The predicted molar refractivity (Wildman–Crippen MR) is 89.3 cm³/mol. The lowest BCUT2D eigenvalue weighted by Crippen LogP contribution is -2.24. The van der Waals surface area contributed by atoms with Gasteiger partial charge in [0, 0.05) is 24.0 Å². The summed E-state index contributed by atoms with van der Waals surface area (Å²) in [5, 5.41) is 2.14. The van der Waals surface area contributed by atoms with Crippen molar-refractivity contribution in [2.45, 2.75) is 0 Å². The van der Waals surface area contributed by atoms with Crippen molar-refractivity contribution in [2.24, 2.45) is 0 Å². The molecule has 0 bridgehead atoms. The molecular formula is C17H11N5O3. The Bertz CT molecular complexity index is 1070. The molecule has 3 N–H and O–H groups in total. The average molecular weight is 333 g/mol. The van der Waals surface area contributed by atoms with Crippen LogP contribution in [0.25, 0.3) is 16.8 Å². The molecule has 1 aromatic carbocycles. The number of rotatable bonds is 2. The van der Waals surface area contributed by atoms with E-state index in [1.807, 2.05) is 0 Å². The summed E-state index contributed by atoms with van der Waals surface area (Å²) in [6.45, 7) is 0. The van der Waals surface area contributed by atoms with Gasteiger partial charge in [-0.05, 0) is 17.7 Å². The van der Waals surface area contributed by atoms with Crippen LogP contribution in [0, 0.1) is 0 Å². The molecule has 3 heterocycles. The summed E-state index contributed by atoms with van der Waals surface area (Å²) < 4.78 is 1.20. The smallest absolute Gasteiger partial charge is 0.262 e. The fraction of sp³-hybridized carbons (Fsp3) is 0. The molecule has 0 atom stereocenters. The molecule has 0 saturated carbocycles. The number of carbonyl (C=O) groups excluding carboxylic acids is 2. The summed E-state index contributed by atoms with van der Waals surface area (Å²) in [6.07, 6.45) is 4.79. The number of fused-ring (bicyclic) bond motifs is 1. The number of carbonyl (C=O) groups is 2. The van der Waals surface area contributed by atoms with Gasteiger partial charge in [-0.25, -0.2) is 9.97 Å². The summed E-state index contributed by atoms with van der Waals surface area (Å²) in [4.78, 5) is 43.9. The van der Waals surface area contributed by atoms with E-state index < -0.39 is 17.4 Å². The standard InChI is InChI=1S/C17H11N5O3/c18-15-14-12(16(24)21-17(14)25)5-13(23)22(15)11-3-1-9(2-4-11)10-6-19-8-20-7-10/h1-8H,18H2,(H,21,24,25). The zero-order valence-electron chi connectivity index (χ0n) is 12.8. The first kappa shape index (κ1) is 14.8. The summed E-state index contributed by atoms with van der Waals surface area (Å²) >= 11 is 0. The third kappa shape index (κ3) is 2.27.